The number of halogens is 1. The van der Waals surface area contributed by atoms with Crippen LogP contribution in [0.1, 0.15) is 12.0 Å². The molecule has 0 aromatic heterocycles. The number of hydrogen-bond acceptors (Lipinski definition) is 5. The minimum absolute atomic E-state index is 0.0449. The Labute approximate surface area is 199 Å². The first-order chi connectivity index (χ1) is 16.0. The van der Waals surface area contributed by atoms with E-state index in [1.54, 1.807) is 19.1 Å². The molecular formula is C25H30ClN3O4. The predicted octanol–water partition coefficient (Wildman–Crippen LogP) is 3.10. The van der Waals surface area contributed by atoms with Gasteiger partial charge in [-0.3, -0.25) is 9.59 Å². The number of methoxy groups -OCH3 is 2. The van der Waals surface area contributed by atoms with Crippen molar-refractivity contribution in [2.45, 2.75) is 12.8 Å². The molecule has 2 aliphatic rings. The molecule has 2 aromatic carbocycles. The molecule has 2 aromatic rings. The van der Waals surface area contributed by atoms with Gasteiger partial charge < -0.3 is 24.2 Å². The number of para-hydroxylation sites is 1. The van der Waals surface area contributed by atoms with Crippen molar-refractivity contribution in [2.24, 2.45) is 5.92 Å². The number of carbonyl (C=O) groups is 2. The van der Waals surface area contributed by atoms with Crippen LogP contribution in [0.3, 0.4) is 0 Å². The van der Waals surface area contributed by atoms with E-state index in [9.17, 15) is 9.59 Å². The molecule has 176 valence electrons. The molecule has 0 spiro atoms. The first kappa shape index (κ1) is 23.2. The molecule has 4 rings (SSSR count). The number of anilines is 1. The van der Waals surface area contributed by atoms with Crippen LogP contribution in [0.4, 0.5) is 5.69 Å². The molecule has 2 aliphatic heterocycles. The Kier molecular flexibility index (Phi) is 7.28. The van der Waals surface area contributed by atoms with Crippen molar-refractivity contribution in [1.29, 1.82) is 0 Å². The van der Waals surface area contributed by atoms with Crippen molar-refractivity contribution in [1.82, 2.24) is 9.80 Å². The van der Waals surface area contributed by atoms with E-state index >= 15 is 0 Å². The van der Waals surface area contributed by atoms with Gasteiger partial charge in [-0.1, -0.05) is 29.8 Å². The summed E-state index contributed by atoms with van der Waals surface area (Å²) in [5.41, 5.74) is 2.06. The lowest BCUT2D eigenvalue weighted by Crippen LogP contribution is -2.50. The van der Waals surface area contributed by atoms with Gasteiger partial charge in [-0.2, -0.15) is 0 Å². The number of likely N-dealkylation sites (tertiary alicyclic amines) is 1. The molecule has 0 saturated carbocycles. The van der Waals surface area contributed by atoms with Crippen LogP contribution in [0.15, 0.2) is 42.5 Å². The monoisotopic (exact) mass is 471 g/mol. The van der Waals surface area contributed by atoms with Crippen molar-refractivity contribution >= 4 is 29.1 Å². The van der Waals surface area contributed by atoms with Gasteiger partial charge in [-0.25, -0.2) is 0 Å². The van der Waals surface area contributed by atoms with Crippen LogP contribution in [0.25, 0.3) is 0 Å². The number of rotatable bonds is 7. The molecule has 0 N–H and O–H groups in total. The fraction of sp³-hybridized carbons (Fsp3) is 0.440. The lowest BCUT2D eigenvalue weighted by molar-refractivity contribution is -0.136. The average molecular weight is 472 g/mol. The second kappa shape index (κ2) is 10.3. The average Bonchev–Trinajstić information content (AvgIpc) is 3.22. The molecule has 1 unspecified atom stereocenters. The van der Waals surface area contributed by atoms with Gasteiger partial charge in [0.05, 0.1) is 30.8 Å². The number of benzene rings is 2. The molecule has 0 bridgehead atoms. The highest BCUT2D eigenvalue weighted by Gasteiger charge is 2.37. The van der Waals surface area contributed by atoms with Crippen LogP contribution in [-0.2, 0) is 16.0 Å². The van der Waals surface area contributed by atoms with E-state index in [4.69, 9.17) is 21.1 Å². The van der Waals surface area contributed by atoms with Gasteiger partial charge in [0.1, 0.15) is 0 Å². The SMILES string of the molecule is COc1ccc(CCN2CC(C(=O)N3CCN(c4ccccc4Cl)CC3)CC2=O)cc1OC. The minimum Gasteiger partial charge on any atom is -0.493 e. The third-order valence-electron chi connectivity index (χ3n) is 6.47. The third kappa shape index (κ3) is 5.19. The molecule has 7 nitrogen and oxygen atoms in total. The van der Waals surface area contributed by atoms with Crippen molar-refractivity contribution in [3.05, 3.63) is 53.1 Å². The Balaban J connectivity index is 1.29. The maximum Gasteiger partial charge on any atom is 0.228 e. The van der Waals surface area contributed by atoms with E-state index in [0.717, 1.165) is 29.4 Å². The number of ether oxygens (including phenoxy) is 2. The lowest BCUT2D eigenvalue weighted by Gasteiger charge is -2.37. The van der Waals surface area contributed by atoms with Crippen LogP contribution in [-0.4, -0.2) is 75.1 Å². The van der Waals surface area contributed by atoms with E-state index in [1.807, 2.05) is 47.4 Å². The van der Waals surface area contributed by atoms with Crippen molar-refractivity contribution in [2.75, 3.05) is 58.4 Å². The van der Waals surface area contributed by atoms with Crippen molar-refractivity contribution in [3.8, 4) is 11.5 Å². The Hall–Kier alpha value is -2.93. The molecule has 33 heavy (non-hydrogen) atoms. The third-order valence-corrected chi connectivity index (χ3v) is 6.79. The zero-order chi connectivity index (χ0) is 23.4. The van der Waals surface area contributed by atoms with Gasteiger partial charge in [0, 0.05) is 45.7 Å². The smallest absolute Gasteiger partial charge is 0.228 e. The Morgan fingerprint density at radius 3 is 2.45 bits per heavy atom. The molecule has 2 saturated heterocycles. The van der Waals surface area contributed by atoms with E-state index in [0.29, 0.717) is 44.1 Å². The fourth-order valence-corrected chi connectivity index (χ4v) is 4.84. The number of piperazine rings is 1. The minimum atomic E-state index is -0.269. The van der Waals surface area contributed by atoms with Crippen molar-refractivity contribution < 1.29 is 19.1 Å². The summed E-state index contributed by atoms with van der Waals surface area (Å²) in [5, 5.41) is 0.726. The standard InChI is InChI=1S/C25H30ClN3O4/c1-32-22-8-7-18(15-23(22)33-2)9-10-29-17-19(16-24(29)30)25(31)28-13-11-27(12-14-28)21-6-4-3-5-20(21)26/h3-8,15,19H,9-14,16-17H2,1-2H3. The van der Waals surface area contributed by atoms with Gasteiger partial charge >= 0.3 is 0 Å². The Morgan fingerprint density at radius 2 is 1.76 bits per heavy atom. The maximum atomic E-state index is 13.1. The van der Waals surface area contributed by atoms with Gasteiger partial charge in [0.15, 0.2) is 11.5 Å². The topological polar surface area (TPSA) is 62.3 Å². The van der Waals surface area contributed by atoms with Crippen LogP contribution in [0.5, 0.6) is 11.5 Å². The molecule has 0 aliphatic carbocycles. The molecular weight excluding hydrogens is 442 g/mol. The van der Waals surface area contributed by atoms with Gasteiger partial charge in [-0.05, 0) is 36.2 Å². The van der Waals surface area contributed by atoms with E-state index in [-0.39, 0.29) is 24.2 Å². The summed E-state index contributed by atoms with van der Waals surface area (Å²) < 4.78 is 10.6. The molecule has 0 radical (unpaired) electrons. The van der Waals surface area contributed by atoms with Crippen LogP contribution in [0, 0.1) is 5.92 Å². The number of carbonyl (C=O) groups excluding carboxylic acids is 2. The summed E-state index contributed by atoms with van der Waals surface area (Å²) in [7, 11) is 3.21. The van der Waals surface area contributed by atoms with E-state index in [2.05, 4.69) is 4.90 Å². The molecule has 1 atom stereocenters. The first-order valence-electron chi connectivity index (χ1n) is 11.3. The van der Waals surface area contributed by atoms with E-state index < -0.39 is 0 Å². The van der Waals surface area contributed by atoms with Gasteiger partial charge in [0.2, 0.25) is 11.8 Å². The highest BCUT2D eigenvalue weighted by atomic mass is 35.5. The highest BCUT2D eigenvalue weighted by Crippen LogP contribution is 2.29. The largest absolute Gasteiger partial charge is 0.493 e. The molecule has 2 amide bonds. The van der Waals surface area contributed by atoms with Crippen LogP contribution >= 0.6 is 11.6 Å². The van der Waals surface area contributed by atoms with Crippen LogP contribution < -0.4 is 14.4 Å². The second-order valence-electron chi connectivity index (χ2n) is 8.44. The normalized spacial score (nSPS) is 18.6. The van der Waals surface area contributed by atoms with E-state index in [1.165, 1.54) is 0 Å². The molecule has 2 fully saturated rings. The summed E-state index contributed by atoms with van der Waals surface area (Å²) >= 11 is 6.32. The number of amides is 2. The summed E-state index contributed by atoms with van der Waals surface area (Å²) in [6.07, 6.45) is 0.985. The molecule has 8 heteroatoms. The summed E-state index contributed by atoms with van der Waals surface area (Å²) in [6, 6.07) is 13.6. The highest BCUT2D eigenvalue weighted by molar-refractivity contribution is 6.33. The molecule has 2 heterocycles. The maximum absolute atomic E-state index is 13.1. The lowest BCUT2D eigenvalue weighted by atomic mass is 10.1. The summed E-state index contributed by atoms with van der Waals surface area (Å²) in [4.78, 5) is 31.6. The zero-order valence-corrected chi connectivity index (χ0v) is 19.9. The second-order valence-corrected chi connectivity index (χ2v) is 8.85. The zero-order valence-electron chi connectivity index (χ0n) is 19.1. The Bertz CT molecular complexity index is 1010. The number of hydrogen-bond donors (Lipinski definition) is 0. The van der Waals surface area contributed by atoms with Gasteiger partial charge in [-0.15, -0.1) is 0 Å². The quantitative estimate of drug-likeness (QED) is 0.621. The van der Waals surface area contributed by atoms with Crippen LogP contribution in [0.2, 0.25) is 5.02 Å². The fourth-order valence-electron chi connectivity index (χ4n) is 4.59. The first-order valence-corrected chi connectivity index (χ1v) is 11.6. The summed E-state index contributed by atoms with van der Waals surface area (Å²) in [5.74, 6) is 1.21. The van der Waals surface area contributed by atoms with Crippen molar-refractivity contribution in [3.63, 3.8) is 0 Å². The Morgan fingerprint density at radius 1 is 1.03 bits per heavy atom. The van der Waals surface area contributed by atoms with Gasteiger partial charge in [0.25, 0.3) is 0 Å². The number of nitrogens with zero attached hydrogens (tertiary/aromatic N) is 3. The predicted molar refractivity (Wildman–Crippen MR) is 128 cm³/mol. The summed E-state index contributed by atoms with van der Waals surface area (Å²) in [6.45, 7) is 3.81.